The lowest BCUT2D eigenvalue weighted by Gasteiger charge is -2.19. The number of imidazole rings is 1. The minimum absolute atomic E-state index is 0.231. The standard InChI is InChI=1S/C34H40FN3/c1-6-25-18-26(7-2)20-27(19-25)10-8-9-11-31-32(24(3)4)21-28(23-38-17-16-37(5)34(38)36)22-33(31)29-12-14-30(35)15-13-29/h12-22,36H,3,6-11,23H2,1-2,4-5H3. The van der Waals surface area contributed by atoms with Crippen LogP contribution in [-0.4, -0.2) is 9.13 Å². The van der Waals surface area contributed by atoms with Gasteiger partial charge in [0.2, 0.25) is 5.62 Å². The SMILES string of the molecule is C=C(C)c1cc(Cn2ccn(C)c2=N)cc(-c2ccc(F)cc2)c1CCCCc1cc(CC)cc(CC)c1. The second-order valence-electron chi connectivity index (χ2n) is 10.4. The lowest BCUT2D eigenvalue weighted by molar-refractivity contribution is 0.628. The molecule has 0 saturated carbocycles. The van der Waals surface area contributed by atoms with Crippen LogP contribution in [0.2, 0.25) is 0 Å². The summed E-state index contributed by atoms with van der Waals surface area (Å²) in [5.41, 5.74) is 11.4. The maximum Gasteiger partial charge on any atom is 0.202 e. The Morgan fingerprint density at radius 1 is 0.842 bits per heavy atom. The predicted molar refractivity (Wildman–Crippen MR) is 157 cm³/mol. The number of hydrogen-bond acceptors (Lipinski definition) is 1. The summed E-state index contributed by atoms with van der Waals surface area (Å²) in [6.45, 7) is 11.4. The number of hydrogen-bond donors (Lipinski definition) is 1. The van der Waals surface area contributed by atoms with Crippen molar-refractivity contribution in [3.05, 3.63) is 118 Å². The minimum Gasteiger partial charge on any atom is -0.321 e. The van der Waals surface area contributed by atoms with Crippen molar-refractivity contribution in [1.82, 2.24) is 9.13 Å². The first-order valence-corrected chi connectivity index (χ1v) is 13.7. The number of nitrogens with one attached hydrogen (secondary N) is 1. The Morgan fingerprint density at radius 2 is 1.47 bits per heavy atom. The molecule has 0 atom stereocenters. The fraction of sp³-hybridized carbons (Fsp3) is 0.324. The van der Waals surface area contributed by atoms with E-state index in [1.807, 2.05) is 36.1 Å². The van der Waals surface area contributed by atoms with Crippen LogP contribution in [-0.2, 0) is 39.3 Å². The van der Waals surface area contributed by atoms with Gasteiger partial charge in [-0.3, -0.25) is 5.41 Å². The lowest BCUT2D eigenvalue weighted by atomic mass is 9.87. The molecule has 38 heavy (non-hydrogen) atoms. The quantitative estimate of drug-likeness (QED) is 0.200. The number of rotatable bonds is 11. The van der Waals surface area contributed by atoms with Crippen LogP contribution >= 0.6 is 0 Å². The van der Waals surface area contributed by atoms with E-state index in [9.17, 15) is 4.39 Å². The molecular formula is C34H40FN3. The molecule has 3 nitrogen and oxygen atoms in total. The third-order valence-corrected chi connectivity index (χ3v) is 7.43. The predicted octanol–water partition coefficient (Wildman–Crippen LogP) is 7.88. The van der Waals surface area contributed by atoms with Gasteiger partial charge in [-0.15, -0.1) is 0 Å². The molecule has 1 aromatic heterocycles. The summed E-state index contributed by atoms with van der Waals surface area (Å²) in [5.74, 6) is -0.231. The molecule has 0 saturated heterocycles. The van der Waals surface area contributed by atoms with E-state index < -0.39 is 0 Å². The molecule has 0 spiro atoms. The fourth-order valence-electron chi connectivity index (χ4n) is 5.23. The zero-order valence-electron chi connectivity index (χ0n) is 23.3. The smallest absolute Gasteiger partial charge is 0.202 e. The Kier molecular flexibility index (Phi) is 8.83. The number of benzene rings is 3. The zero-order chi connectivity index (χ0) is 27.2. The van der Waals surface area contributed by atoms with Crippen molar-refractivity contribution in [1.29, 1.82) is 5.41 Å². The third-order valence-electron chi connectivity index (χ3n) is 7.43. The van der Waals surface area contributed by atoms with Gasteiger partial charge in [0, 0.05) is 19.4 Å². The number of nitrogens with zero attached hydrogens (tertiary/aromatic N) is 2. The number of aryl methyl sites for hydroxylation is 4. The van der Waals surface area contributed by atoms with Crippen molar-refractivity contribution >= 4 is 5.57 Å². The number of halogens is 1. The van der Waals surface area contributed by atoms with Crippen molar-refractivity contribution in [3.8, 4) is 11.1 Å². The van der Waals surface area contributed by atoms with E-state index in [0.717, 1.165) is 66.4 Å². The summed E-state index contributed by atoms with van der Waals surface area (Å²) in [6, 6.07) is 18.3. The van der Waals surface area contributed by atoms with E-state index in [-0.39, 0.29) is 5.82 Å². The molecule has 0 bridgehead atoms. The van der Waals surface area contributed by atoms with E-state index in [2.05, 4.69) is 57.7 Å². The van der Waals surface area contributed by atoms with Crippen molar-refractivity contribution < 1.29 is 4.39 Å². The monoisotopic (exact) mass is 509 g/mol. The van der Waals surface area contributed by atoms with Crippen molar-refractivity contribution in [2.45, 2.75) is 65.8 Å². The average molecular weight is 510 g/mol. The highest BCUT2D eigenvalue weighted by Gasteiger charge is 2.15. The Bertz CT molecular complexity index is 1450. The Hall–Kier alpha value is -3.66. The number of allylic oxidation sites excluding steroid dienone is 1. The molecule has 0 aliphatic heterocycles. The van der Waals surface area contributed by atoms with Gasteiger partial charge in [0.1, 0.15) is 5.82 Å². The second kappa shape index (κ2) is 12.3. The van der Waals surface area contributed by atoms with E-state index in [1.165, 1.54) is 34.4 Å². The second-order valence-corrected chi connectivity index (χ2v) is 10.4. The van der Waals surface area contributed by atoms with E-state index in [1.54, 1.807) is 4.57 Å². The molecular weight excluding hydrogens is 469 g/mol. The first kappa shape index (κ1) is 27.4. The molecule has 0 amide bonds. The number of aromatic nitrogens is 2. The van der Waals surface area contributed by atoms with Crippen LogP contribution in [0.1, 0.15) is 67.0 Å². The average Bonchev–Trinajstić information content (AvgIpc) is 3.23. The first-order valence-electron chi connectivity index (χ1n) is 13.7. The van der Waals surface area contributed by atoms with Crippen LogP contribution in [0.3, 0.4) is 0 Å². The first-order chi connectivity index (χ1) is 18.3. The molecule has 4 aromatic rings. The van der Waals surface area contributed by atoms with Gasteiger partial charge in [0.15, 0.2) is 0 Å². The lowest BCUT2D eigenvalue weighted by Crippen LogP contribution is -2.22. The normalized spacial score (nSPS) is 11.2. The van der Waals surface area contributed by atoms with Crippen molar-refractivity contribution in [2.75, 3.05) is 0 Å². The molecule has 4 rings (SSSR count). The Morgan fingerprint density at radius 3 is 2.05 bits per heavy atom. The van der Waals surface area contributed by atoms with Crippen LogP contribution in [0.15, 0.2) is 73.6 Å². The third kappa shape index (κ3) is 6.42. The molecule has 0 aliphatic rings. The van der Waals surface area contributed by atoms with E-state index >= 15 is 0 Å². The van der Waals surface area contributed by atoms with Gasteiger partial charge in [-0.2, -0.15) is 0 Å². The zero-order valence-corrected chi connectivity index (χ0v) is 23.3. The highest BCUT2D eigenvalue weighted by Crippen LogP contribution is 2.33. The van der Waals surface area contributed by atoms with Crippen LogP contribution < -0.4 is 5.62 Å². The van der Waals surface area contributed by atoms with Gasteiger partial charge < -0.3 is 9.13 Å². The van der Waals surface area contributed by atoms with Gasteiger partial charge in [0.25, 0.3) is 0 Å². The van der Waals surface area contributed by atoms with Gasteiger partial charge >= 0.3 is 0 Å². The molecule has 0 aliphatic carbocycles. The van der Waals surface area contributed by atoms with Crippen LogP contribution in [0.4, 0.5) is 4.39 Å². The highest BCUT2D eigenvalue weighted by atomic mass is 19.1. The topological polar surface area (TPSA) is 33.7 Å². The van der Waals surface area contributed by atoms with E-state index in [4.69, 9.17) is 5.41 Å². The molecule has 4 heteroatoms. The molecule has 1 N–H and O–H groups in total. The fourth-order valence-corrected chi connectivity index (χ4v) is 5.23. The highest BCUT2D eigenvalue weighted by molar-refractivity contribution is 5.77. The van der Waals surface area contributed by atoms with Gasteiger partial charge in [-0.05, 0) is 114 Å². The molecule has 0 fully saturated rings. The Labute approximate surface area is 226 Å². The molecule has 0 unspecified atom stereocenters. The summed E-state index contributed by atoms with van der Waals surface area (Å²) >= 11 is 0. The summed E-state index contributed by atoms with van der Waals surface area (Å²) in [4.78, 5) is 0. The minimum atomic E-state index is -0.231. The largest absolute Gasteiger partial charge is 0.321 e. The molecule has 198 valence electrons. The summed E-state index contributed by atoms with van der Waals surface area (Å²) in [6.07, 6.45) is 10.2. The van der Waals surface area contributed by atoms with Crippen LogP contribution in [0.5, 0.6) is 0 Å². The molecule has 1 heterocycles. The molecule has 3 aromatic carbocycles. The maximum atomic E-state index is 13.8. The number of unbranched alkanes of at least 4 members (excludes halogenated alkanes) is 1. The van der Waals surface area contributed by atoms with Gasteiger partial charge in [-0.25, -0.2) is 4.39 Å². The Balaban J connectivity index is 1.64. The maximum absolute atomic E-state index is 13.8. The van der Waals surface area contributed by atoms with Crippen molar-refractivity contribution in [2.24, 2.45) is 7.05 Å². The van der Waals surface area contributed by atoms with Crippen molar-refractivity contribution in [3.63, 3.8) is 0 Å². The van der Waals surface area contributed by atoms with Crippen LogP contribution in [0, 0.1) is 11.2 Å². The van der Waals surface area contributed by atoms with Crippen LogP contribution in [0.25, 0.3) is 16.7 Å². The van der Waals surface area contributed by atoms with E-state index in [0.29, 0.717) is 12.2 Å². The summed E-state index contributed by atoms with van der Waals surface area (Å²) in [5, 5.41) is 8.35. The summed E-state index contributed by atoms with van der Waals surface area (Å²) in [7, 11) is 1.88. The van der Waals surface area contributed by atoms with Gasteiger partial charge in [-0.1, -0.05) is 56.3 Å². The van der Waals surface area contributed by atoms with Gasteiger partial charge in [0.05, 0.1) is 6.54 Å². The summed E-state index contributed by atoms with van der Waals surface area (Å²) < 4.78 is 17.5. The molecule has 0 radical (unpaired) electrons.